The van der Waals surface area contributed by atoms with Crippen molar-refractivity contribution >= 4 is 0 Å². The molecule has 0 unspecified atom stereocenters. The topological polar surface area (TPSA) is 53.3 Å². The van der Waals surface area contributed by atoms with E-state index in [2.05, 4.69) is 17.8 Å². The summed E-state index contributed by atoms with van der Waals surface area (Å²) in [6, 6.07) is 0. The van der Waals surface area contributed by atoms with Gasteiger partial charge in [0.15, 0.2) is 0 Å². The van der Waals surface area contributed by atoms with Crippen molar-refractivity contribution in [1.82, 2.24) is 16.1 Å². The van der Waals surface area contributed by atoms with Gasteiger partial charge in [0, 0.05) is 38.2 Å². The Kier molecular flexibility index (Phi) is 11.5. The number of hydrogen-bond donors (Lipinski definition) is 3. The molecule has 0 spiro atoms. The van der Waals surface area contributed by atoms with Gasteiger partial charge in [-0.2, -0.15) is 0 Å². The predicted molar refractivity (Wildman–Crippen MR) is 28.4 cm³/mol. The summed E-state index contributed by atoms with van der Waals surface area (Å²) in [5, 5.41) is 1.24. The monoisotopic (exact) mass is 341 g/mol. The van der Waals surface area contributed by atoms with Gasteiger partial charge in [-0.25, -0.2) is 11.3 Å². The van der Waals surface area contributed by atoms with Crippen molar-refractivity contribution in [2.75, 3.05) is 13.6 Å². The first-order valence-corrected chi connectivity index (χ1v) is 2.06. The zero-order chi connectivity index (χ0) is 5.70. The van der Waals surface area contributed by atoms with Crippen LogP contribution in [0.15, 0.2) is 0 Å². The Morgan fingerprint density at radius 1 is 1.75 bits per heavy atom. The largest absolute Gasteiger partial charge is 0.328 e. The standard InChI is InChI=1S/C3H11N4.U/c1-3-6-7(4)5-2;/h5-6H,1,3-4H2,2H3;/q-1;. The molecule has 0 heterocycles. The van der Waals surface area contributed by atoms with Gasteiger partial charge < -0.3 is 6.92 Å². The molecule has 0 atom stereocenters. The smallest absolute Gasteiger partial charge is 0.00146 e. The van der Waals surface area contributed by atoms with Gasteiger partial charge >= 0.3 is 0 Å². The first-order valence-electron chi connectivity index (χ1n) is 2.06. The van der Waals surface area contributed by atoms with Crippen LogP contribution in [0.2, 0.25) is 0 Å². The molecule has 0 fully saturated rings. The maximum absolute atomic E-state index is 5.15. The van der Waals surface area contributed by atoms with E-state index in [4.69, 9.17) is 5.84 Å². The molecule has 0 aliphatic carbocycles. The van der Waals surface area contributed by atoms with Crippen molar-refractivity contribution in [2.45, 2.75) is 0 Å². The van der Waals surface area contributed by atoms with Crippen LogP contribution in [0.4, 0.5) is 0 Å². The molecule has 0 aliphatic heterocycles. The van der Waals surface area contributed by atoms with Gasteiger partial charge in [-0.05, 0) is 0 Å². The quantitative estimate of drug-likeness (QED) is 0.337. The van der Waals surface area contributed by atoms with E-state index in [9.17, 15) is 0 Å². The fourth-order valence-electron chi connectivity index (χ4n) is 0.200. The summed E-state index contributed by atoms with van der Waals surface area (Å²) >= 11 is 0. The Balaban J connectivity index is 0. The summed E-state index contributed by atoms with van der Waals surface area (Å²) in [4.78, 5) is 0. The molecule has 5 heteroatoms. The molecule has 4 nitrogen and oxygen atoms in total. The van der Waals surface area contributed by atoms with Crippen LogP contribution in [0.25, 0.3) is 0 Å². The van der Waals surface area contributed by atoms with E-state index in [1.807, 2.05) is 0 Å². The van der Waals surface area contributed by atoms with Gasteiger partial charge in [-0.15, -0.1) is 11.8 Å². The van der Waals surface area contributed by atoms with Crippen LogP contribution < -0.4 is 16.7 Å². The van der Waals surface area contributed by atoms with Crippen molar-refractivity contribution in [3.05, 3.63) is 6.92 Å². The molecule has 0 amide bonds. The third-order valence-electron chi connectivity index (χ3n) is 0.523. The molecule has 0 bridgehead atoms. The summed E-state index contributed by atoms with van der Waals surface area (Å²) in [5.74, 6) is 5.15. The second-order valence-corrected chi connectivity index (χ2v) is 1.00. The van der Waals surface area contributed by atoms with E-state index in [0.717, 1.165) is 0 Å². The Labute approximate surface area is 73.5 Å². The SMILES string of the molecule is [CH2-]CNN(N)NC.[U]. The van der Waals surface area contributed by atoms with Crippen molar-refractivity contribution in [1.29, 1.82) is 0 Å². The zero-order valence-electron chi connectivity index (χ0n) is 4.94. The van der Waals surface area contributed by atoms with Crippen LogP contribution in [-0.4, -0.2) is 18.8 Å². The maximum Gasteiger partial charge on any atom is 0.00146 e. The minimum Gasteiger partial charge on any atom is -0.328 e. The second kappa shape index (κ2) is 7.89. The number of nitrogens with one attached hydrogen (secondary N) is 2. The summed E-state index contributed by atoms with van der Waals surface area (Å²) in [6.07, 6.45) is 0. The molecular weight excluding hydrogens is 330 g/mol. The van der Waals surface area contributed by atoms with Crippen molar-refractivity contribution in [2.24, 2.45) is 5.84 Å². The summed E-state index contributed by atoms with van der Waals surface area (Å²) in [5.41, 5.74) is 5.31. The summed E-state index contributed by atoms with van der Waals surface area (Å²) in [6.45, 7) is 4.08. The Morgan fingerprint density at radius 2 is 2.25 bits per heavy atom. The van der Waals surface area contributed by atoms with Crippen molar-refractivity contribution in [3.8, 4) is 0 Å². The predicted octanol–water partition coefficient (Wildman–Crippen LogP) is -1.36. The molecule has 8 heavy (non-hydrogen) atoms. The van der Waals surface area contributed by atoms with Gasteiger partial charge in [0.25, 0.3) is 0 Å². The average molecular weight is 341 g/mol. The molecule has 0 saturated carbocycles. The van der Waals surface area contributed by atoms with Crippen LogP contribution >= 0.6 is 0 Å². The van der Waals surface area contributed by atoms with E-state index in [-0.39, 0.29) is 31.1 Å². The van der Waals surface area contributed by atoms with E-state index < -0.39 is 0 Å². The number of rotatable bonds is 3. The van der Waals surface area contributed by atoms with E-state index in [1.165, 1.54) is 5.23 Å². The summed E-state index contributed by atoms with van der Waals surface area (Å²) in [7, 11) is 1.71. The number of hydrazine groups is 3. The van der Waals surface area contributed by atoms with Crippen LogP contribution in [0, 0.1) is 38.0 Å². The third-order valence-corrected chi connectivity index (χ3v) is 0.523. The van der Waals surface area contributed by atoms with Crippen molar-refractivity contribution < 1.29 is 31.1 Å². The zero-order valence-corrected chi connectivity index (χ0v) is 9.10. The van der Waals surface area contributed by atoms with Crippen LogP contribution in [0.1, 0.15) is 0 Å². The molecule has 48 valence electrons. The van der Waals surface area contributed by atoms with Gasteiger partial charge in [0.2, 0.25) is 0 Å². The fourth-order valence-corrected chi connectivity index (χ4v) is 0.200. The Bertz CT molecular complexity index is 42.3. The fraction of sp³-hybridized carbons (Fsp3) is 0.667. The van der Waals surface area contributed by atoms with E-state index in [0.29, 0.717) is 6.54 Å². The van der Waals surface area contributed by atoms with Crippen LogP contribution in [0.3, 0.4) is 0 Å². The molecule has 0 saturated heterocycles. The van der Waals surface area contributed by atoms with Crippen LogP contribution in [-0.2, 0) is 0 Å². The molecule has 0 aliphatic rings. The molecule has 0 aromatic rings. The van der Waals surface area contributed by atoms with Gasteiger partial charge in [0.05, 0.1) is 0 Å². The molecule has 0 rings (SSSR count). The Morgan fingerprint density at radius 3 is 2.38 bits per heavy atom. The second-order valence-electron chi connectivity index (χ2n) is 1.00. The van der Waals surface area contributed by atoms with E-state index >= 15 is 0 Å². The molecule has 0 radical (unpaired) electrons. The number of hydrogen-bond acceptors (Lipinski definition) is 4. The van der Waals surface area contributed by atoms with E-state index in [1.54, 1.807) is 7.05 Å². The minimum atomic E-state index is 0. The molecule has 0 aromatic heterocycles. The van der Waals surface area contributed by atoms with Crippen molar-refractivity contribution in [3.63, 3.8) is 0 Å². The molecular formula is C3H11N4U-. The number of nitrogens with zero attached hydrogens (tertiary/aromatic N) is 1. The average Bonchev–Trinajstić information content (AvgIpc) is 1.68. The van der Waals surface area contributed by atoms with Gasteiger partial charge in [0.1, 0.15) is 0 Å². The number of nitrogens with two attached hydrogens (primary N) is 1. The van der Waals surface area contributed by atoms with Crippen LogP contribution in [0.5, 0.6) is 0 Å². The first kappa shape index (κ1) is 11.7. The Hall–Kier alpha value is 0.892. The molecule has 4 N–H and O–H groups in total. The maximum atomic E-state index is 5.15. The molecule has 0 aromatic carbocycles. The minimum absolute atomic E-state index is 0. The van der Waals surface area contributed by atoms with Gasteiger partial charge in [-0.1, -0.05) is 0 Å². The summed E-state index contributed by atoms with van der Waals surface area (Å²) < 4.78 is 0. The third kappa shape index (κ3) is 6.89. The van der Waals surface area contributed by atoms with Gasteiger partial charge in [-0.3, -0.25) is 5.43 Å². The first-order chi connectivity index (χ1) is 3.31. The normalized spacial score (nSPS) is 9.00.